The van der Waals surface area contributed by atoms with Crippen molar-refractivity contribution in [1.29, 1.82) is 5.26 Å². The molecule has 0 unspecified atom stereocenters. The van der Waals surface area contributed by atoms with Crippen molar-refractivity contribution in [3.05, 3.63) is 82.6 Å². The molecule has 4 aromatic rings. The maximum Gasteiger partial charge on any atom is 0.267 e. The van der Waals surface area contributed by atoms with E-state index in [0.29, 0.717) is 35.2 Å². The topological polar surface area (TPSA) is 141 Å². The second-order valence-corrected chi connectivity index (χ2v) is 7.45. The summed E-state index contributed by atoms with van der Waals surface area (Å²) in [5.74, 6) is -2.24. The minimum absolute atomic E-state index is 0.0291. The molecule has 0 radical (unpaired) electrons. The van der Waals surface area contributed by atoms with Gasteiger partial charge in [0.1, 0.15) is 11.5 Å². The molecule has 2 aromatic heterocycles. The highest BCUT2D eigenvalue weighted by molar-refractivity contribution is 6.15. The molecule has 2 amide bonds. The Morgan fingerprint density at radius 3 is 2.45 bits per heavy atom. The van der Waals surface area contributed by atoms with Crippen LogP contribution in [0.4, 0.5) is 4.39 Å². The monoisotopic (exact) mass is 442 g/mol. The van der Waals surface area contributed by atoms with Crippen LogP contribution in [0.15, 0.2) is 48.7 Å². The number of hydrogen-bond acceptors (Lipinski definition) is 5. The second kappa shape index (κ2) is 8.51. The number of nitrogens with two attached hydrogens (primary N) is 2. The molecule has 0 aliphatic rings. The zero-order chi connectivity index (χ0) is 23.7. The predicted octanol–water partition coefficient (Wildman–Crippen LogP) is 2.92. The van der Waals surface area contributed by atoms with Crippen LogP contribution in [0.5, 0.6) is 0 Å². The van der Waals surface area contributed by atoms with Crippen LogP contribution in [0.2, 0.25) is 0 Å². The van der Waals surface area contributed by atoms with E-state index < -0.39 is 17.6 Å². The molecule has 0 saturated carbocycles. The van der Waals surface area contributed by atoms with E-state index in [0.717, 1.165) is 11.6 Å². The number of halogens is 1. The van der Waals surface area contributed by atoms with Gasteiger partial charge in [-0.05, 0) is 36.2 Å². The molecule has 4 N–H and O–H groups in total. The molecule has 0 bridgehead atoms. The number of benzene rings is 2. The SMILES string of the molecule is CCc1nn(Cc2ccc(C#N)cc2)cc1-c1c(C(N)=O)nc2cc(F)ccc2c1C(N)=O. The Bertz CT molecular complexity index is 1450. The fraction of sp³-hybridized carbons (Fsp3) is 0.125. The molecular weight excluding hydrogens is 423 g/mol. The van der Waals surface area contributed by atoms with Crippen molar-refractivity contribution in [3.8, 4) is 17.2 Å². The van der Waals surface area contributed by atoms with Gasteiger partial charge >= 0.3 is 0 Å². The van der Waals surface area contributed by atoms with Gasteiger partial charge in [0, 0.05) is 28.8 Å². The Labute approximate surface area is 188 Å². The second-order valence-electron chi connectivity index (χ2n) is 7.45. The summed E-state index contributed by atoms with van der Waals surface area (Å²) in [4.78, 5) is 29.1. The van der Waals surface area contributed by atoms with Crippen LogP contribution in [0.3, 0.4) is 0 Å². The minimum atomic E-state index is -0.874. The lowest BCUT2D eigenvalue weighted by molar-refractivity contribution is 0.0996. The van der Waals surface area contributed by atoms with E-state index in [1.165, 1.54) is 12.1 Å². The molecule has 0 aliphatic carbocycles. The molecule has 33 heavy (non-hydrogen) atoms. The van der Waals surface area contributed by atoms with Gasteiger partial charge in [0.2, 0.25) is 5.91 Å². The fourth-order valence-electron chi connectivity index (χ4n) is 3.82. The Morgan fingerprint density at radius 2 is 1.85 bits per heavy atom. The van der Waals surface area contributed by atoms with Crippen LogP contribution in [0, 0.1) is 17.1 Å². The quantitative estimate of drug-likeness (QED) is 0.472. The third kappa shape index (κ3) is 4.02. The number of rotatable bonds is 6. The van der Waals surface area contributed by atoms with Crippen molar-refractivity contribution in [3.63, 3.8) is 0 Å². The standard InChI is InChI=1S/C24H19FN6O2/c1-2-18-17(12-31(30-18)11-14-5-3-13(10-26)4-6-14)20-21(23(27)32)16-8-7-15(25)9-19(16)29-22(20)24(28)33/h3-9,12H,2,11H2,1H3,(H2,27,32)(H2,28,33). The number of pyridine rings is 1. The van der Waals surface area contributed by atoms with Gasteiger partial charge in [-0.1, -0.05) is 19.1 Å². The van der Waals surface area contributed by atoms with Crippen LogP contribution in [0.1, 0.15) is 44.6 Å². The first-order valence-electron chi connectivity index (χ1n) is 10.1. The molecule has 164 valence electrons. The highest BCUT2D eigenvalue weighted by Crippen LogP contribution is 2.34. The van der Waals surface area contributed by atoms with Crippen LogP contribution in [0.25, 0.3) is 22.0 Å². The fourth-order valence-corrected chi connectivity index (χ4v) is 3.82. The molecule has 2 heterocycles. The number of amides is 2. The lowest BCUT2D eigenvalue weighted by Crippen LogP contribution is -2.20. The Balaban J connectivity index is 1.94. The van der Waals surface area contributed by atoms with Crippen molar-refractivity contribution in [2.75, 3.05) is 0 Å². The smallest absolute Gasteiger partial charge is 0.267 e. The zero-order valence-corrected chi connectivity index (χ0v) is 17.7. The molecular formula is C24H19FN6O2. The molecule has 9 heteroatoms. The lowest BCUT2D eigenvalue weighted by Gasteiger charge is -2.14. The highest BCUT2D eigenvalue weighted by Gasteiger charge is 2.26. The molecule has 4 rings (SSSR count). The predicted molar refractivity (Wildman–Crippen MR) is 120 cm³/mol. The highest BCUT2D eigenvalue weighted by atomic mass is 19.1. The zero-order valence-electron chi connectivity index (χ0n) is 17.7. The van der Waals surface area contributed by atoms with Gasteiger partial charge in [-0.3, -0.25) is 14.3 Å². The summed E-state index contributed by atoms with van der Waals surface area (Å²) in [5, 5.41) is 13.9. The number of nitriles is 1. The van der Waals surface area contributed by atoms with Crippen molar-refractivity contribution >= 4 is 22.7 Å². The van der Waals surface area contributed by atoms with Crippen LogP contribution >= 0.6 is 0 Å². The summed E-state index contributed by atoms with van der Waals surface area (Å²) < 4.78 is 15.5. The van der Waals surface area contributed by atoms with E-state index in [4.69, 9.17) is 16.7 Å². The molecule has 0 atom stereocenters. The summed E-state index contributed by atoms with van der Waals surface area (Å²) in [6.07, 6.45) is 2.19. The van der Waals surface area contributed by atoms with Crippen molar-refractivity contribution in [2.24, 2.45) is 11.5 Å². The minimum Gasteiger partial charge on any atom is -0.366 e. The number of primary amides is 2. The summed E-state index contributed by atoms with van der Waals surface area (Å²) in [7, 11) is 0. The number of fused-ring (bicyclic) bond motifs is 1. The van der Waals surface area contributed by atoms with E-state index in [9.17, 15) is 14.0 Å². The van der Waals surface area contributed by atoms with Gasteiger partial charge in [-0.15, -0.1) is 0 Å². The average Bonchev–Trinajstić information content (AvgIpc) is 3.20. The van der Waals surface area contributed by atoms with Gasteiger partial charge in [0.05, 0.1) is 35.0 Å². The lowest BCUT2D eigenvalue weighted by atomic mass is 9.93. The third-order valence-corrected chi connectivity index (χ3v) is 5.30. The van der Waals surface area contributed by atoms with Crippen LogP contribution < -0.4 is 11.5 Å². The van der Waals surface area contributed by atoms with Crippen molar-refractivity contribution < 1.29 is 14.0 Å². The first-order valence-corrected chi connectivity index (χ1v) is 10.1. The summed E-state index contributed by atoms with van der Waals surface area (Å²) >= 11 is 0. The molecule has 2 aromatic carbocycles. The van der Waals surface area contributed by atoms with Gasteiger partial charge < -0.3 is 11.5 Å². The van der Waals surface area contributed by atoms with Crippen LogP contribution in [-0.4, -0.2) is 26.6 Å². The number of nitrogens with zero attached hydrogens (tertiary/aromatic N) is 4. The van der Waals surface area contributed by atoms with E-state index >= 15 is 0 Å². The Morgan fingerprint density at radius 1 is 1.12 bits per heavy atom. The van der Waals surface area contributed by atoms with E-state index in [2.05, 4.69) is 16.2 Å². The average molecular weight is 442 g/mol. The van der Waals surface area contributed by atoms with E-state index in [-0.39, 0.29) is 22.3 Å². The Hall–Kier alpha value is -4.58. The van der Waals surface area contributed by atoms with Crippen LogP contribution in [-0.2, 0) is 13.0 Å². The number of aryl methyl sites for hydroxylation is 1. The molecule has 0 saturated heterocycles. The number of carbonyl (C=O) groups excluding carboxylic acids is 2. The molecule has 8 nitrogen and oxygen atoms in total. The number of aromatic nitrogens is 3. The van der Waals surface area contributed by atoms with Gasteiger partial charge in [0.25, 0.3) is 5.91 Å². The van der Waals surface area contributed by atoms with E-state index in [1.54, 1.807) is 23.0 Å². The largest absolute Gasteiger partial charge is 0.366 e. The van der Waals surface area contributed by atoms with Gasteiger partial charge in [0.15, 0.2) is 0 Å². The summed E-state index contributed by atoms with van der Waals surface area (Å²) in [6.45, 7) is 2.28. The van der Waals surface area contributed by atoms with E-state index in [1.807, 2.05) is 19.1 Å². The van der Waals surface area contributed by atoms with Gasteiger partial charge in [-0.25, -0.2) is 9.37 Å². The first-order chi connectivity index (χ1) is 15.8. The Kier molecular flexibility index (Phi) is 5.58. The molecule has 0 fully saturated rings. The number of carbonyl (C=O) groups is 2. The van der Waals surface area contributed by atoms with Crippen molar-refractivity contribution in [2.45, 2.75) is 19.9 Å². The summed E-state index contributed by atoms with van der Waals surface area (Å²) in [6, 6.07) is 12.9. The summed E-state index contributed by atoms with van der Waals surface area (Å²) in [5.41, 5.74) is 14.0. The normalized spacial score (nSPS) is 10.8. The first kappa shape index (κ1) is 21.6. The molecule has 0 spiro atoms. The third-order valence-electron chi connectivity index (χ3n) is 5.30. The maximum absolute atomic E-state index is 13.8. The number of hydrogen-bond donors (Lipinski definition) is 2. The molecule has 0 aliphatic heterocycles. The van der Waals surface area contributed by atoms with Gasteiger partial charge in [-0.2, -0.15) is 10.4 Å². The maximum atomic E-state index is 13.8. The van der Waals surface area contributed by atoms with Crippen molar-refractivity contribution in [1.82, 2.24) is 14.8 Å².